The van der Waals surface area contributed by atoms with Gasteiger partial charge in [-0.05, 0) is 6.92 Å². The van der Waals surface area contributed by atoms with E-state index in [1.54, 1.807) is 28.7 Å². The fraction of sp³-hybridized carbons (Fsp3) is 0.429. The lowest BCUT2D eigenvalue weighted by Crippen LogP contribution is -2.48. The van der Waals surface area contributed by atoms with Crippen molar-refractivity contribution in [3.8, 4) is 0 Å². The molecule has 1 aliphatic rings. The Hall–Kier alpha value is -1.75. The van der Waals surface area contributed by atoms with Crippen LogP contribution in [0.5, 0.6) is 0 Å². The Morgan fingerprint density at radius 2 is 2.08 bits per heavy atom. The molecule has 3 heterocycles. The van der Waals surface area contributed by atoms with E-state index in [0.29, 0.717) is 13.1 Å². The lowest BCUT2D eigenvalue weighted by atomic mass is 10.2. The lowest BCUT2D eigenvalue weighted by molar-refractivity contribution is 0.0625. The topological polar surface area (TPSA) is 110 Å². The van der Waals surface area contributed by atoms with Crippen molar-refractivity contribution in [3.63, 3.8) is 0 Å². The van der Waals surface area contributed by atoms with Crippen molar-refractivity contribution in [2.24, 2.45) is 5.14 Å². The van der Waals surface area contributed by atoms with Crippen LogP contribution in [0, 0.1) is 6.92 Å². The Balaban J connectivity index is 1.64. The van der Waals surface area contributed by atoms with Crippen LogP contribution in [0.15, 0.2) is 26.5 Å². The number of rotatable bonds is 4. The fourth-order valence-corrected chi connectivity index (χ4v) is 3.70. The molecule has 2 aromatic heterocycles. The quantitative estimate of drug-likeness (QED) is 0.846. The molecule has 3 rings (SSSR count). The van der Waals surface area contributed by atoms with Crippen LogP contribution in [-0.2, 0) is 16.6 Å². The number of amides is 1. The summed E-state index contributed by atoms with van der Waals surface area (Å²) >= 11 is 1.56. The Kier molecular flexibility index (Phi) is 4.72. The number of sulfonamides is 1. The predicted molar refractivity (Wildman–Crippen MR) is 88.1 cm³/mol. The van der Waals surface area contributed by atoms with Gasteiger partial charge in [-0.15, -0.1) is 11.3 Å². The number of thiazole rings is 1. The van der Waals surface area contributed by atoms with E-state index in [1.807, 2.05) is 5.38 Å². The zero-order valence-corrected chi connectivity index (χ0v) is 14.8. The van der Waals surface area contributed by atoms with E-state index < -0.39 is 10.0 Å². The van der Waals surface area contributed by atoms with Gasteiger partial charge in [-0.1, -0.05) is 0 Å². The maximum atomic E-state index is 12.6. The van der Waals surface area contributed by atoms with Crippen LogP contribution in [0.3, 0.4) is 0 Å². The molecular weight excluding hydrogens is 352 g/mol. The third kappa shape index (κ3) is 3.66. The van der Waals surface area contributed by atoms with Crippen molar-refractivity contribution in [1.29, 1.82) is 0 Å². The van der Waals surface area contributed by atoms with E-state index in [9.17, 15) is 13.2 Å². The van der Waals surface area contributed by atoms with Crippen LogP contribution in [0.4, 0.5) is 0 Å². The predicted octanol–water partition coefficient (Wildman–Crippen LogP) is 0.650. The van der Waals surface area contributed by atoms with E-state index >= 15 is 0 Å². The van der Waals surface area contributed by atoms with Gasteiger partial charge in [0.15, 0.2) is 0 Å². The Bertz CT molecular complexity index is 821. The number of hydrogen-bond donors (Lipinski definition) is 1. The van der Waals surface area contributed by atoms with E-state index in [4.69, 9.17) is 9.56 Å². The Morgan fingerprint density at radius 3 is 2.62 bits per heavy atom. The molecule has 2 aromatic rings. The number of hydrogen-bond acceptors (Lipinski definition) is 7. The van der Waals surface area contributed by atoms with Gasteiger partial charge >= 0.3 is 0 Å². The normalized spacial score (nSPS) is 16.5. The number of furan rings is 1. The van der Waals surface area contributed by atoms with Crippen molar-refractivity contribution >= 4 is 27.3 Å². The fourth-order valence-electron chi connectivity index (χ4n) is 2.63. The summed E-state index contributed by atoms with van der Waals surface area (Å²) in [7, 11) is -3.96. The summed E-state index contributed by atoms with van der Waals surface area (Å²) < 4.78 is 27.8. The molecule has 0 bridgehead atoms. The molecule has 0 aliphatic carbocycles. The van der Waals surface area contributed by atoms with E-state index in [1.165, 1.54) is 6.07 Å². The number of piperazine rings is 1. The number of aryl methyl sites for hydroxylation is 1. The lowest BCUT2D eigenvalue weighted by Gasteiger charge is -2.34. The number of nitrogens with zero attached hydrogens (tertiary/aromatic N) is 3. The van der Waals surface area contributed by atoms with Gasteiger partial charge in [0.25, 0.3) is 15.9 Å². The molecule has 10 heteroatoms. The standard InChI is InChI=1S/C14H18N4O4S2/c1-10-12(6-13(22-10)24(15,20)21)14(19)18-4-2-17(3-5-18)7-11-8-23-9-16-11/h6,8-9H,2-5,7H2,1H3,(H2,15,20,21). The van der Waals surface area contributed by atoms with Gasteiger partial charge in [0.05, 0.1) is 16.8 Å². The molecule has 2 N–H and O–H groups in total. The summed E-state index contributed by atoms with van der Waals surface area (Å²) in [6.07, 6.45) is 0. The van der Waals surface area contributed by atoms with Gasteiger partial charge in [-0.2, -0.15) is 0 Å². The molecule has 8 nitrogen and oxygen atoms in total. The number of primary sulfonamides is 1. The molecule has 1 aliphatic heterocycles. The summed E-state index contributed by atoms with van der Waals surface area (Å²) in [5, 5.41) is 6.67. The van der Waals surface area contributed by atoms with Crippen molar-refractivity contribution in [1.82, 2.24) is 14.8 Å². The number of carbonyl (C=O) groups is 1. The minimum atomic E-state index is -3.96. The van der Waals surface area contributed by atoms with Gasteiger partial charge in [0.2, 0.25) is 5.09 Å². The van der Waals surface area contributed by atoms with E-state index in [2.05, 4.69) is 9.88 Å². The maximum Gasteiger partial charge on any atom is 0.271 e. The Morgan fingerprint density at radius 1 is 1.38 bits per heavy atom. The summed E-state index contributed by atoms with van der Waals surface area (Å²) in [4.78, 5) is 20.8. The first-order chi connectivity index (χ1) is 11.3. The third-order valence-corrected chi connectivity index (χ3v) is 5.33. The first kappa shape index (κ1) is 17.1. The molecule has 0 spiro atoms. The van der Waals surface area contributed by atoms with Crippen LogP contribution >= 0.6 is 11.3 Å². The SMILES string of the molecule is Cc1oc(S(N)(=O)=O)cc1C(=O)N1CCN(Cc2cscn2)CC1. The monoisotopic (exact) mass is 370 g/mol. The number of aromatic nitrogens is 1. The van der Waals surface area contributed by atoms with Gasteiger partial charge in [0, 0.05) is 44.2 Å². The first-order valence-corrected chi connectivity index (χ1v) is 9.85. The van der Waals surface area contributed by atoms with E-state index in [-0.39, 0.29) is 22.3 Å². The van der Waals surface area contributed by atoms with Crippen LogP contribution in [0.1, 0.15) is 21.8 Å². The average molecular weight is 370 g/mol. The smallest absolute Gasteiger partial charge is 0.271 e. The second kappa shape index (κ2) is 6.63. The van der Waals surface area contributed by atoms with Crippen LogP contribution in [0.2, 0.25) is 0 Å². The summed E-state index contributed by atoms with van der Waals surface area (Å²) in [6, 6.07) is 1.20. The van der Waals surface area contributed by atoms with Crippen LogP contribution < -0.4 is 5.14 Å². The molecule has 1 fully saturated rings. The highest BCUT2D eigenvalue weighted by Gasteiger charge is 2.27. The number of carbonyl (C=O) groups excluding carboxylic acids is 1. The highest BCUT2D eigenvalue weighted by molar-refractivity contribution is 7.89. The molecule has 1 amide bonds. The molecule has 1 saturated heterocycles. The second-order valence-electron chi connectivity index (χ2n) is 5.63. The molecular formula is C14H18N4O4S2. The number of nitrogens with two attached hydrogens (primary N) is 1. The highest BCUT2D eigenvalue weighted by Crippen LogP contribution is 2.20. The van der Waals surface area contributed by atoms with Crippen molar-refractivity contribution in [2.45, 2.75) is 18.6 Å². The van der Waals surface area contributed by atoms with Crippen molar-refractivity contribution in [3.05, 3.63) is 34.0 Å². The van der Waals surface area contributed by atoms with Crippen LogP contribution in [0.25, 0.3) is 0 Å². The van der Waals surface area contributed by atoms with Crippen molar-refractivity contribution < 1.29 is 17.6 Å². The van der Waals surface area contributed by atoms with Crippen LogP contribution in [-0.4, -0.2) is 55.3 Å². The summed E-state index contributed by atoms with van der Waals surface area (Å²) in [6.45, 7) is 4.94. The minimum absolute atomic E-state index is 0.237. The minimum Gasteiger partial charge on any atom is -0.448 e. The highest BCUT2D eigenvalue weighted by atomic mass is 32.2. The summed E-state index contributed by atoms with van der Waals surface area (Å²) in [5.41, 5.74) is 3.08. The zero-order valence-electron chi connectivity index (χ0n) is 13.1. The third-order valence-electron chi connectivity index (χ3n) is 3.93. The van der Waals surface area contributed by atoms with Gasteiger partial charge in [-0.25, -0.2) is 18.5 Å². The Labute approximate surface area is 143 Å². The molecule has 0 aromatic carbocycles. The average Bonchev–Trinajstić information content (AvgIpc) is 3.16. The molecule has 0 unspecified atom stereocenters. The van der Waals surface area contributed by atoms with Gasteiger partial charge in [0.1, 0.15) is 5.76 Å². The molecule has 0 radical (unpaired) electrons. The van der Waals surface area contributed by atoms with Gasteiger partial charge in [-0.3, -0.25) is 9.69 Å². The first-order valence-electron chi connectivity index (χ1n) is 7.36. The van der Waals surface area contributed by atoms with Crippen molar-refractivity contribution in [2.75, 3.05) is 26.2 Å². The molecule has 130 valence electrons. The largest absolute Gasteiger partial charge is 0.448 e. The van der Waals surface area contributed by atoms with Gasteiger partial charge < -0.3 is 9.32 Å². The van der Waals surface area contributed by atoms with E-state index in [0.717, 1.165) is 25.3 Å². The zero-order chi connectivity index (χ0) is 17.3. The molecule has 24 heavy (non-hydrogen) atoms. The molecule has 0 saturated carbocycles. The second-order valence-corrected chi connectivity index (χ2v) is 7.84. The maximum absolute atomic E-state index is 12.6. The molecule has 0 atom stereocenters. The summed E-state index contributed by atoms with van der Waals surface area (Å²) in [5.74, 6) is 0.0217.